The van der Waals surface area contributed by atoms with Crippen LogP contribution in [0.1, 0.15) is 42.9 Å². The Balaban J connectivity index is 1.22. The first-order chi connectivity index (χ1) is 22.2. The van der Waals surface area contributed by atoms with E-state index in [-0.39, 0.29) is 23.4 Å². The molecule has 2 fully saturated rings. The van der Waals surface area contributed by atoms with Crippen molar-refractivity contribution in [1.82, 2.24) is 20.4 Å². The number of nitrogens with zero attached hydrogens (tertiary/aromatic N) is 4. The number of nitriles is 1. The number of likely N-dealkylation sites (tertiary alicyclic amines) is 1. The van der Waals surface area contributed by atoms with Crippen LogP contribution in [0.4, 0.5) is 24.1 Å². The molecule has 0 spiro atoms. The standard InChI is InChI=1S/C33H38F2N6O5/c1-45-20-27-29(31(42)46-2)30(22-7-8-25(34)26(35)17-22)41(32(43)38-27)33(44)40-13-9-21(10-14-40)19-37-24-11-15-39(16-12-24)28-6-4-3-5-23(28)18-36/h3-8,17,21,24,30,37H,9-16,19-20H2,1-2H3,(H,38,43). The van der Waals surface area contributed by atoms with Crippen molar-refractivity contribution >= 4 is 23.7 Å². The molecule has 2 N–H and O–H groups in total. The molecule has 1 atom stereocenters. The summed E-state index contributed by atoms with van der Waals surface area (Å²) >= 11 is 0. The van der Waals surface area contributed by atoms with Crippen LogP contribution < -0.4 is 15.5 Å². The van der Waals surface area contributed by atoms with Crippen molar-refractivity contribution in [2.75, 3.05) is 58.5 Å². The predicted molar refractivity (Wildman–Crippen MR) is 164 cm³/mol. The summed E-state index contributed by atoms with van der Waals surface area (Å²) in [5.41, 5.74) is 1.66. The minimum atomic E-state index is -1.36. The molecular weight excluding hydrogens is 598 g/mol. The third kappa shape index (κ3) is 6.98. The Bertz CT molecular complexity index is 1530. The van der Waals surface area contributed by atoms with Gasteiger partial charge < -0.3 is 29.9 Å². The molecule has 0 bridgehead atoms. The number of imide groups is 1. The highest BCUT2D eigenvalue weighted by atomic mass is 19.2. The summed E-state index contributed by atoms with van der Waals surface area (Å²) in [5.74, 6) is -2.81. The first-order valence-electron chi connectivity index (χ1n) is 15.4. The fourth-order valence-electron chi connectivity index (χ4n) is 6.45. The zero-order valence-corrected chi connectivity index (χ0v) is 25.9. The summed E-state index contributed by atoms with van der Waals surface area (Å²) in [6.45, 7) is 3.08. The Morgan fingerprint density at radius 2 is 1.74 bits per heavy atom. The Morgan fingerprint density at radius 1 is 1.02 bits per heavy atom. The number of methoxy groups -OCH3 is 2. The Labute approximate surface area is 266 Å². The summed E-state index contributed by atoms with van der Waals surface area (Å²) in [6.07, 6.45) is 3.31. The third-order valence-electron chi connectivity index (χ3n) is 8.93. The van der Waals surface area contributed by atoms with E-state index in [1.165, 1.54) is 13.2 Å². The largest absolute Gasteiger partial charge is 0.466 e. The minimum Gasteiger partial charge on any atom is -0.466 e. The maximum Gasteiger partial charge on any atom is 0.338 e. The van der Waals surface area contributed by atoms with E-state index in [4.69, 9.17) is 9.47 Å². The lowest BCUT2D eigenvalue weighted by Crippen LogP contribution is -2.57. The molecule has 1 unspecified atom stereocenters. The molecule has 0 aromatic heterocycles. The predicted octanol–water partition coefficient (Wildman–Crippen LogP) is 4.07. The van der Waals surface area contributed by atoms with E-state index in [1.54, 1.807) is 4.90 Å². The Kier molecular flexibility index (Phi) is 10.5. The van der Waals surface area contributed by atoms with Crippen molar-refractivity contribution in [3.63, 3.8) is 0 Å². The van der Waals surface area contributed by atoms with Gasteiger partial charge in [0.25, 0.3) is 0 Å². The second-order valence-corrected chi connectivity index (χ2v) is 11.7. The summed E-state index contributed by atoms with van der Waals surface area (Å²) < 4.78 is 38.4. The van der Waals surface area contributed by atoms with Crippen LogP contribution in [0.5, 0.6) is 0 Å². The number of hydrogen-bond donors (Lipinski definition) is 2. The summed E-state index contributed by atoms with van der Waals surface area (Å²) in [7, 11) is 2.52. The molecule has 2 aromatic carbocycles. The van der Waals surface area contributed by atoms with Crippen LogP contribution in [0.15, 0.2) is 53.7 Å². The van der Waals surface area contributed by atoms with Gasteiger partial charge in [-0.15, -0.1) is 0 Å². The highest BCUT2D eigenvalue weighted by Crippen LogP contribution is 2.36. The number of para-hydroxylation sites is 1. The van der Waals surface area contributed by atoms with E-state index < -0.39 is 35.7 Å². The van der Waals surface area contributed by atoms with Gasteiger partial charge in [-0.05, 0) is 68.0 Å². The number of urea groups is 2. The van der Waals surface area contributed by atoms with Gasteiger partial charge in [0, 0.05) is 39.3 Å². The average Bonchev–Trinajstić information content (AvgIpc) is 3.08. The van der Waals surface area contributed by atoms with Crippen molar-refractivity contribution in [2.45, 2.75) is 37.8 Å². The molecule has 3 heterocycles. The van der Waals surface area contributed by atoms with Crippen LogP contribution in [-0.2, 0) is 14.3 Å². The first kappa shape index (κ1) is 32.8. The number of anilines is 1. The van der Waals surface area contributed by atoms with E-state index in [2.05, 4.69) is 21.6 Å². The fraction of sp³-hybridized carbons (Fsp3) is 0.455. The normalized spacial score (nSPS) is 19.6. The van der Waals surface area contributed by atoms with Crippen molar-refractivity contribution in [3.05, 3.63) is 76.5 Å². The van der Waals surface area contributed by atoms with E-state index in [0.29, 0.717) is 43.5 Å². The molecular formula is C33H38F2N6O5. The van der Waals surface area contributed by atoms with Gasteiger partial charge in [-0.2, -0.15) is 5.26 Å². The minimum absolute atomic E-state index is 0.0392. The third-order valence-corrected chi connectivity index (χ3v) is 8.93. The van der Waals surface area contributed by atoms with Crippen LogP contribution in [-0.4, -0.2) is 87.4 Å². The van der Waals surface area contributed by atoms with E-state index in [1.807, 2.05) is 24.3 Å². The molecule has 4 amide bonds. The SMILES string of the molecule is COCC1=C(C(=O)OC)C(c2ccc(F)c(F)c2)N(C(=O)N2CCC(CNC3CCN(c4ccccc4C#N)CC3)CC2)C(=O)N1. The second-order valence-electron chi connectivity index (χ2n) is 11.7. The van der Waals surface area contributed by atoms with Gasteiger partial charge >= 0.3 is 18.0 Å². The van der Waals surface area contributed by atoms with Gasteiger partial charge in [-0.1, -0.05) is 18.2 Å². The molecule has 13 heteroatoms. The molecule has 11 nitrogen and oxygen atoms in total. The van der Waals surface area contributed by atoms with E-state index in [0.717, 1.165) is 62.3 Å². The highest BCUT2D eigenvalue weighted by molar-refractivity contribution is 6.01. The smallest absolute Gasteiger partial charge is 0.338 e. The van der Waals surface area contributed by atoms with Crippen LogP contribution in [0.2, 0.25) is 0 Å². The second kappa shape index (κ2) is 14.7. The Morgan fingerprint density at radius 3 is 2.39 bits per heavy atom. The zero-order chi connectivity index (χ0) is 32.8. The molecule has 0 aliphatic carbocycles. The van der Waals surface area contributed by atoms with Crippen molar-refractivity contribution in [3.8, 4) is 6.07 Å². The quantitative estimate of drug-likeness (QED) is 0.416. The summed E-state index contributed by atoms with van der Waals surface area (Å²) in [4.78, 5) is 44.9. The lowest BCUT2D eigenvalue weighted by molar-refractivity contribution is -0.137. The molecule has 2 aromatic rings. The number of rotatable bonds is 8. The van der Waals surface area contributed by atoms with Crippen molar-refractivity contribution < 1.29 is 32.6 Å². The first-order valence-corrected chi connectivity index (χ1v) is 15.4. The number of carbonyl (C=O) groups excluding carboxylic acids is 3. The summed E-state index contributed by atoms with van der Waals surface area (Å²) in [5, 5.41) is 15.7. The van der Waals surface area contributed by atoms with Crippen LogP contribution in [0, 0.1) is 28.9 Å². The topological polar surface area (TPSA) is 127 Å². The molecule has 0 saturated carbocycles. The van der Waals surface area contributed by atoms with Gasteiger partial charge in [0.05, 0.1) is 36.2 Å². The number of nitrogens with one attached hydrogen (secondary N) is 2. The van der Waals surface area contributed by atoms with Gasteiger partial charge in [-0.25, -0.2) is 28.1 Å². The highest BCUT2D eigenvalue weighted by Gasteiger charge is 2.45. The maximum atomic E-state index is 14.4. The average molecular weight is 637 g/mol. The van der Waals surface area contributed by atoms with Crippen LogP contribution in [0.3, 0.4) is 0 Å². The number of ether oxygens (including phenoxy) is 2. The number of amides is 4. The fourth-order valence-corrected chi connectivity index (χ4v) is 6.45. The van der Waals surface area contributed by atoms with Gasteiger partial charge in [0.15, 0.2) is 11.6 Å². The molecule has 244 valence electrons. The monoisotopic (exact) mass is 636 g/mol. The van der Waals surface area contributed by atoms with Gasteiger partial charge in [0.2, 0.25) is 0 Å². The van der Waals surface area contributed by atoms with Crippen molar-refractivity contribution in [1.29, 1.82) is 5.26 Å². The number of benzene rings is 2. The van der Waals surface area contributed by atoms with E-state index in [9.17, 15) is 28.4 Å². The van der Waals surface area contributed by atoms with Crippen LogP contribution >= 0.6 is 0 Å². The zero-order valence-electron chi connectivity index (χ0n) is 25.9. The van der Waals surface area contributed by atoms with Crippen molar-refractivity contribution in [2.24, 2.45) is 5.92 Å². The molecule has 46 heavy (non-hydrogen) atoms. The Hall–Kier alpha value is -4.54. The number of piperidine rings is 2. The number of hydrogen-bond acceptors (Lipinski definition) is 8. The maximum absolute atomic E-state index is 14.4. The molecule has 3 aliphatic heterocycles. The lowest BCUT2D eigenvalue weighted by Gasteiger charge is -2.41. The van der Waals surface area contributed by atoms with Gasteiger partial charge in [-0.3, -0.25) is 0 Å². The lowest BCUT2D eigenvalue weighted by atomic mass is 9.93. The van der Waals surface area contributed by atoms with Crippen LogP contribution in [0.25, 0.3) is 0 Å². The molecule has 2 saturated heterocycles. The summed E-state index contributed by atoms with van der Waals surface area (Å²) in [6, 6.07) is 10.4. The number of halogens is 2. The molecule has 0 radical (unpaired) electrons. The molecule has 5 rings (SSSR count). The number of carbonyl (C=O) groups is 3. The van der Waals surface area contributed by atoms with Gasteiger partial charge in [0.1, 0.15) is 12.1 Å². The molecule has 3 aliphatic rings. The number of esters is 1. The van der Waals surface area contributed by atoms with E-state index >= 15 is 0 Å².